The Morgan fingerprint density at radius 3 is 2.69 bits per heavy atom. The van der Waals surface area contributed by atoms with Crippen molar-refractivity contribution in [2.45, 2.75) is 52.2 Å². The molecule has 1 amide bonds. The van der Waals surface area contributed by atoms with Crippen molar-refractivity contribution >= 4 is 23.3 Å². The standard InChI is InChI=1S/C18H25N3O5/c1-10-5-4-6-15(11(10)2)20-17(22)12(3)26-18(23)13-7-8-14(19)16(9-13)21(24)25/h7-12,15H,4-6,19H2,1-3H3,(H,20,22)/t10-,11+,12+,15+/m0/s1. The van der Waals surface area contributed by atoms with Gasteiger partial charge >= 0.3 is 5.97 Å². The first-order chi connectivity index (χ1) is 12.2. The fourth-order valence-corrected chi connectivity index (χ4v) is 3.20. The first-order valence-electron chi connectivity index (χ1n) is 8.76. The van der Waals surface area contributed by atoms with E-state index in [4.69, 9.17) is 10.5 Å². The molecule has 0 saturated heterocycles. The van der Waals surface area contributed by atoms with Gasteiger partial charge in [-0.05, 0) is 37.3 Å². The molecule has 1 aliphatic rings. The zero-order chi connectivity index (χ0) is 19.4. The zero-order valence-corrected chi connectivity index (χ0v) is 15.2. The van der Waals surface area contributed by atoms with Crippen LogP contribution in [0.2, 0.25) is 0 Å². The Hall–Kier alpha value is -2.64. The van der Waals surface area contributed by atoms with Gasteiger partial charge in [0.05, 0.1) is 10.5 Å². The van der Waals surface area contributed by atoms with E-state index in [0.717, 1.165) is 25.3 Å². The van der Waals surface area contributed by atoms with E-state index in [1.54, 1.807) is 0 Å². The Balaban J connectivity index is 1.99. The Bertz CT molecular complexity index is 706. The normalized spacial score (nSPS) is 23.7. The number of ether oxygens (including phenoxy) is 1. The van der Waals surface area contributed by atoms with Crippen molar-refractivity contribution in [2.24, 2.45) is 11.8 Å². The van der Waals surface area contributed by atoms with E-state index in [-0.39, 0.29) is 28.9 Å². The van der Waals surface area contributed by atoms with Crippen LogP contribution < -0.4 is 11.1 Å². The van der Waals surface area contributed by atoms with Crippen LogP contribution in [0.4, 0.5) is 11.4 Å². The van der Waals surface area contributed by atoms with Gasteiger partial charge in [0.25, 0.3) is 11.6 Å². The Morgan fingerprint density at radius 2 is 2.04 bits per heavy atom. The number of benzene rings is 1. The van der Waals surface area contributed by atoms with Crippen molar-refractivity contribution in [3.63, 3.8) is 0 Å². The summed E-state index contributed by atoms with van der Waals surface area (Å²) in [6.07, 6.45) is 2.11. The fraction of sp³-hybridized carbons (Fsp3) is 0.556. The highest BCUT2D eigenvalue weighted by atomic mass is 16.6. The average Bonchev–Trinajstić information content (AvgIpc) is 2.58. The molecule has 1 fully saturated rings. The summed E-state index contributed by atoms with van der Waals surface area (Å²) in [5.74, 6) is -0.285. The minimum absolute atomic E-state index is 0.0230. The molecule has 0 aliphatic heterocycles. The fourth-order valence-electron chi connectivity index (χ4n) is 3.20. The molecule has 0 aromatic heterocycles. The second-order valence-electron chi connectivity index (χ2n) is 6.96. The third-order valence-corrected chi connectivity index (χ3v) is 5.15. The number of carbonyl (C=O) groups is 2. The molecule has 0 spiro atoms. The Morgan fingerprint density at radius 1 is 1.35 bits per heavy atom. The van der Waals surface area contributed by atoms with E-state index in [2.05, 4.69) is 19.2 Å². The Labute approximate surface area is 152 Å². The van der Waals surface area contributed by atoms with Crippen molar-refractivity contribution in [2.75, 3.05) is 5.73 Å². The molecule has 8 nitrogen and oxygen atoms in total. The van der Waals surface area contributed by atoms with Crippen molar-refractivity contribution in [1.82, 2.24) is 5.32 Å². The van der Waals surface area contributed by atoms with Crippen LogP contribution in [0.3, 0.4) is 0 Å². The molecule has 3 N–H and O–H groups in total. The summed E-state index contributed by atoms with van der Waals surface area (Å²) >= 11 is 0. The van der Waals surface area contributed by atoms with Crippen LogP contribution >= 0.6 is 0 Å². The van der Waals surface area contributed by atoms with Crippen LogP contribution in [-0.4, -0.2) is 28.9 Å². The molecule has 0 unspecified atom stereocenters. The van der Waals surface area contributed by atoms with E-state index in [1.807, 2.05) is 0 Å². The third-order valence-electron chi connectivity index (χ3n) is 5.15. The molecular formula is C18H25N3O5. The second kappa shape index (κ2) is 8.16. The number of hydrogen-bond donors (Lipinski definition) is 2. The lowest BCUT2D eigenvalue weighted by molar-refractivity contribution is -0.383. The van der Waals surface area contributed by atoms with E-state index in [0.29, 0.717) is 11.8 Å². The highest BCUT2D eigenvalue weighted by molar-refractivity contribution is 5.93. The van der Waals surface area contributed by atoms with E-state index < -0.39 is 17.0 Å². The number of nitro benzene ring substituents is 1. The van der Waals surface area contributed by atoms with Gasteiger partial charge in [0.1, 0.15) is 5.69 Å². The van der Waals surface area contributed by atoms with Gasteiger partial charge in [-0.15, -0.1) is 0 Å². The summed E-state index contributed by atoms with van der Waals surface area (Å²) in [6, 6.07) is 3.71. The number of anilines is 1. The van der Waals surface area contributed by atoms with Gasteiger partial charge in [0.15, 0.2) is 6.10 Å². The molecule has 1 aliphatic carbocycles. The molecule has 1 saturated carbocycles. The van der Waals surface area contributed by atoms with Gasteiger partial charge in [-0.3, -0.25) is 14.9 Å². The molecular weight excluding hydrogens is 338 g/mol. The second-order valence-corrected chi connectivity index (χ2v) is 6.96. The lowest BCUT2D eigenvalue weighted by atomic mass is 9.78. The van der Waals surface area contributed by atoms with Crippen molar-refractivity contribution in [1.29, 1.82) is 0 Å². The summed E-state index contributed by atoms with van der Waals surface area (Å²) in [7, 11) is 0. The van der Waals surface area contributed by atoms with Gasteiger partial charge in [-0.1, -0.05) is 26.7 Å². The minimum Gasteiger partial charge on any atom is -0.449 e. The van der Waals surface area contributed by atoms with Gasteiger partial charge in [-0.25, -0.2) is 4.79 Å². The molecule has 142 valence electrons. The summed E-state index contributed by atoms with van der Waals surface area (Å²) in [5, 5.41) is 13.9. The molecule has 2 rings (SSSR count). The number of amides is 1. The van der Waals surface area contributed by atoms with Crippen LogP contribution in [0.25, 0.3) is 0 Å². The van der Waals surface area contributed by atoms with E-state index in [1.165, 1.54) is 19.1 Å². The van der Waals surface area contributed by atoms with Crippen LogP contribution in [0, 0.1) is 22.0 Å². The van der Waals surface area contributed by atoms with Gasteiger partial charge in [0.2, 0.25) is 0 Å². The zero-order valence-electron chi connectivity index (χ0n) is 15.2. The molecule has 0 heterocycles. The highest BCUT2D eigenvalue weighted by Crippen LogP contribution is 2.29. The Kier molecular flexibility index (Phi) is 6.18. The summed E-state index contributed by atoms with van der Waals surface area (Å²) in [6.45, 7) is 5.76. The number of hydrogen-bond acceptors (Lipinski definition) is 6. The lowest BCUT2D eigenvalue weighted by Crippen LogP contribution is -2.47. The molecule has 8 heteroatoms. The molecule has 0 bridgehead atoms. The van der Waals surface area contributed by atoms with Gasteiger partial charge in [0, 0.05) is 12.1 Å². The lowest BCUT2D eigenvalue weighted by Gasteiger charge is -2.35. The first kappa shape index (κ1) is 19.7. The summed E-state index contributed by atoms with van der Waals surface area (Å²) < 4.78 is 5.16. The smallest absolute Gasteiger partial charge is 0.339 e. The largest absolute Gasteiger partial charge is 0.449 e. The number of nitro groups is 1. The van der Waals surface area contributed by atoms with Crippen molar-refractivity contribution < 1.29 is 19.2 Å². The molecule has 1 aromatic carbocycles. The topological polar surface area (TPSA) is 125 Å². The van der Waals surface area contributed by atoms with Crippen LogP contribution in [-0.2, 0) is 9.53 Å². The number of rotatable bonds is 5. The number of esters is 1. The molecule has 0 radical (unpaired) electrons. The molecule has 26 heavy (non-hydrogen) atoms. The first-order valence-corrected chi connectivity index (χ1v) is 8.76. The predicted molar refractivity (Wildman–Crippen MR) is 96.5 cm³/mol. The summed E-state index contributed by atoms with van der Waals surface area (Å²) in [5.41, 5.74) is 5.07. The number of nitrogens with two attached hydrogens (primary N) is 1. The van der Waals surface area contributed by atoms with E-state index >= 15 is 0 Å². The number of nitrogens with one attached hydrogen (secondary N) is 1. The average molecular weight is 363 g/mol. The highest BCUT2D eigenvalue weighted by Gasteiger charge is 2.30. The molecule has 4 atom stereocenters. The number of nitrogens with zero attached hydrogens (tertiary/aromatic N) is 1. The van der Waals surface area contributed by atoms with Crippen LogP contribution in [0.1, 0.15) is 50.4 Å². The third kappa shape index (κ3) is 4.50. The van der Waals surface area contributed by atoms with Crippen LogP contribution in [0.15, 0.2) is 18.2 Å². The van der Waals surface area contributed by atoms with Crippen molar-refractivity contribution in [3.05, 3.63) is 33.9 Å². The van der Waals surface area contributed by atoms with Crippen molar-refractivity contribution in [3.8, 4) is 0 Å². The molecule has 1 aromatic rings. The number of nitrogen functional groups attached to an aromatic ring is 1. The maximum absolute atomic E-state index is 12.3. The van der Waals surface area contributed by atoms with Crippen LogP contribution in [0.5, 0.6) is 0 Å². The predicted octanol–water partition coefficient (Wildman–Crippen LogP) is 2.66. The van der Waals surface area contributed by atoms with E-state index in [9.17, 15) is 19.7 Å². The van der Waals surface area contributed by atoms with Gasteiger partial charge in [-0.2, -0.15) is 0 Å². The monoisotopic (exact) mass is 363 g/mol. The maximum atomic E-state index is 12.3. The minimum atomic E-state index is -0.997. The van der Waals surface area contributed by atoms with Gasteiger partial charge < -0.3 is 15.8 Å². The number of carbonyl (C=O) groups excluding carboxylic acids is 2. The maximum Gasteiger partial charge on any atom is 0.339 e. The SMILES string of the molecule is C[C@@H]1[C@@H](C)CCC[C@H]1NC(=O)[C@@H](C)OC(=O)c1ccc(N)c([N+](=O)[O-])c1. The quantitative estimate of drug-likeness (QED) is 0.359. The summed E-state index contributed by atoms with van der Waals surface area (Å²) in [4.78, 5) is 34.8.